The summed E-state index contributed by atoms with van der Waals surface area (Å²) >= 11 is 0. The second-order valence-electron chi connectivity index (χ2n) is 6.24. The van der Waals surface area contributed by atoms with Crippen LogP contribution in [0.25, 0.3) is 0 Å². The Hall–Kier alpha value is -1.51. The molecule has 0 radical (unpaired) electrons. The van der Waals surface area contributed by atoms with E-state index < -0.39 is 0 Å². The Morgan fingerprint density at radius 3 is 2.95 bits per heavy atom. The topological polar surface area (TPSA) is 23.6 Å². The molecule has 3 heteroatoms. The second kappa shape index (κ2) is 5.86. The highest BCUT2D eigenvalue weighted by molar-refractivity contribution is 5.82. The Balaban J connectivity index is 1.68. The number of piperidine rings is 1. The van der Waals surface area contributed by atoms with E-state index in [2.05, 4.69) is 41.0 Å². The predicted octanol–water partition coefficient (Wildman–Crippen LogP) is 2.70. The van der Waals surface area contributed by atoms with Gasteiger partial charge in [0.2, 0.25) is 5.91 Å². The van der Waals surface area contributed by atoms with E-state index in [9.17, 15) is 4.79 Å². The number of fused-ring (bicyclic) bond motifs is 1. The van der Waals surface area contributed by atoms with Gasteiger partial charge >= 0.3 is 0 Å². The number of hydrogen-bond donors (Lipinski definition) is 0. The molecule has 0 saturated carbocycles. The molecule has 2 aliphatic rings. The monoisotopic (exact) mass is 272 g/mol. The lowest BCUT2D eigenvalue weighted by Gasteiger charge is -2.35. The maximum Gasteiger partial charge on any atom is 0.242 e. The van der Waals surface area contributed by atoms with Crippen molar-refractivity contribution in [2.24, 2.45) is 5.92 Å². The van der Waals surface area contributed by atoms with Crippen LogP contribution in [-0.2, 0) is 11.2 Å². The van der Waals surface area contributed by atoms with Crippen LogP contribution < -0.4 is 4.90 Å². The Morgan fingerprint density at radius 1 is 1.25 bits per heavy atom. The van der Waals surface area contributed by atoms with E-state index in [-0.39, 0.29) is 0 Å². The number of carbonyl (C=O) groups is 1. The van der Waals surface area contributed by atoms with Crippen LogP contribution in [0.4, 0.5) is 5.69 Å². The average Bonchev–Trinajstić information content (AvgIpc) is 2.47. The standard InChI is InChI=1S/C17H24N2O/c1-14-6-4-11-19(12-14)17(20)13-18-10-5-8-15-7-2-3-9-16(15)18/h2-3,7,9,14H,4-6,8,10-13H2,1H3. The highest BCUT2D eigenvalue weighted by Crippen LogP contribution is 2.26. The van der Waals surface area contributed by atoms with Gasteiger partial charge in [-0.05, 0) is 43.2 Å². The number of para-hydroxylation sites is 1. The zero-order valence-electron chi connectivity index (χ0n) is 12.3. The lowest BCUT2D eigenvalue weighted by Crippen LogP contribution is -2.45. The number of amides is 1. The number of likely N-dealkylation sites (tertiary alicyclic amines) is 1. The Bertz CT molecular complexity index is 486. The number of hydrogen-bond acceptors (Lipinski definition) is 2. The van der Waals surface area contributed by atoms with Crippen molar-refractivity contribution in [1.29, 1.82) is 0 Å². The summed E-state index contributed by atoms with van der Waals surface area (Å²) in [5, 5.41) is 0. The van der Waals surface area contributed by atoms with E-state index >= 15 is 0 Å². The van der Waals surface area contributed by atoms with Gasteiger partial charge in [-0.2, -0.15) is 0 Å². The first kappa shape index (κ1) is 13.5. The minimum absolute atomic E-state index is 0.299. The summed E-state index contributed by atoms with van der Waals surface area (Å²) in [5.41, 5.74) is 2.65. The highest BCUT2D eigenvalue weighted by Gasteiger charge is 2.24. The summed E-state index contributed by atoms with van der Waals surface area (Å²) < 4.78 is 0. The fourth-order valence-electron chi connectivity index (χ4n) is 3.45. The molecule has 0 aromatic heterocycles. The van der Waals surface area contributed by atoms with Gasteiger partial charge in [-0.15, -0.1) is 0 Å². The fourth-order valence-corrected chi connectivity index (χ4v) is 3.45. The minimum Gasteiger partial charge on any atom is -0.362 e. The Kier molecular flexibility index (Phi) is 3.95. The summed E-state index contributed by atoms with van der Waals surface area (Å²) in [6.07, 6.45) is 4.71. The van der Waals surface area contributed by atoms with Crippen molar-refractivity contribution in [3.63, 3.8) is 0 Å². The summed E-state index contributed by atoms with van der Waals surface area (Å²) in [4.78, 5) is 16.8. The third kappa shape index (κ3) is 2.82. The second-order valence-corrected chi connectivity index (χ2v) is 6.24. The number of nitrogens with zero attached hydrogens (tertiary/aromatic N) is 2. The zero-order chi connectivity index (χ0) is 13.9. The molecule has 1 amide bonds. The van der Waals surface area contributed by atoms with E-state index in [0.29, 0.717) is 18.4 Å². The van der Waals surface area contributed by atoms with Gasteiger partial charge in [0, 0.05) is 25.3 Å². The average molecular weight is 272 g/mol. The molecule has 3 nitrogen and oxygen atoms in total. The summed E-state index contributed by atoms with van der Waals surface area (Å²) in [6, 6.07) is 8.51. The quantitative estimate of drug-likeness (QED) is 0.826. The third-order valence-corrected chi connectivity index (χ3v) is 4.54. The van der Waals surface area contributed by atoms with E-state index in [1.54, 1.807) is 0 Å². The van der Waals surface area contributed by atoms with Crippen molar-refractivity contribution >= 4 is 11.6 Å². The van der Waals surface area contributed by atoms with Crippen LogP contribution in [0.3, 0.4) is 0 Å². The first-order chi connectivity index (χ1) is 9.74. The number of aryl methyl sites for hydroxylation is 1. The van der Waals surface area contributed by atoms with Crippen molar-refractivity contribution in [3.05, 3.63) is 29.8 Å². The number of anilines is 1. The highest BCUT2D eigenvalue weighted by atomic mass is 16.2. The first-order valence-electron chi connectivity index (χ1n) is 7.84. The van der Waals surface area contributed by atoms with Crippen LogP contribution in [0.5, 0.6) is 0 Å². The molecule has 1 unspecified atom stereocenters. The lowest BCUT2D eigenvalue weighted by molar-refractivity contribution is -0.131. The molecule has 108 valence electrons. The van der Waals surface area contributed by atoms with Crippen LogP contribution in [0.1, 0.15) is 31.7 Å². The van der Waals surface area contributed by atoms with Crippen molar-refractivity contribution in [3.8, 4) is 0 Å². The normalized spacial score (nSPS) is 22.6. The van der Waals surface area contributed by atoms with Gasteiger partial charge in [-0.25, -0.2) is 0 Å². The molecule has 2 aliphatic heterocycles. The molecule has 0 bridgehead atoms. The summed E-state index contributed by atoms with van der Waals surface area (Å²) in [5.74, 6) is 0.953. The van der Waals surface area contributed by atoms with Crippen molar-refractivity contribution in [1.82, 2.24) is 4.90 Å². The molecule has 0 aliphatic carbocycles. The molecule has 3 rings (SSSR count). The Labute approximate surface area is 121 Å². The van der Waals surface area contributed by atoms with Gasteiger partial charge in [0.15, 0.2) is 0 Å². The minimum atomic E-state index is 0.299. The molecule has 20 heavy (non-hydrogen) atoms. The number of carbonyl (C=O) groups excluding carboxylic acids is 1. The van der Waals surface area contributed by atoms with Gasteiger partial charge < -0.3 is 9.80 Å². The van der Waals surface area contributed by atoms with Crippen LogP contribution in [0, 0.1) is 5.92 Å². The molecule has 1 atom stereocenters. The van der Waals surface area contributed by atoms with E-state index in [0.717, 1.165) is 38.9 Å². The first-order valence-corrected chi connectivity index (χ1v) is 7.84. The van der Waals surface area contributed by atoms with Gasteiger partial charge in [0.1, 0.15) is 0 Å². The Morgan fingerprint density at radius 2 is 2.10 bits per heavy atom. The zero-order valence-corrected chi connectivity index (χ0v) is 12.3. The molecular formula is C17H24N2O. The van der Waals surface area contributed by atoms with Crippen molar-refractivity contribution < 1.29 is 4.79 Å². The van der Waals surface area contributed by atoms with Crippen molar-refractivity contribution in [2.75, 3.05) is 31.1 Å². The summed E-state index contributed by atoms with van der Waals surface area (Å²) in [6.45, 7) is 5.68. The lowest BCUT2D eigenvalue weighted by atomic mass is 9.99. The van der Waals surface area contributed by atoms with Crippen molar-refractivity contribution in [2.45, 2.75) is 32.6 Å². The number of rotatable bonds is 2. The molecule has 1 fully saturated rings. The molecule has 1 saturated heterocycles. The van der Waals surface area contributed by atoms with E-state index in [1.807, 2.05) is 0 Å². The molecule has 1 aromatic rings. The maximum atomic E-state index is 12.5. The van der Waals surface area contributed by atoms with E-state index in [4.69, 9.17) is 0 Å². The maximum absolute atomic E-state index is 12.5. The smallest absolute Gasteiger partial charge is 0.242 e. The predicted molar refractivity (Wildman–Crippen MR) is 82.0 cm³/mol. The van der Waals surface area contributed by atoms with Crippen LogP contribution in [-0.4, -0.2) is 37.0 Å². The van der Waals surface area contributed by atoms with Gasteiger partial charge in [0.05, 0.1) is 6.54 Å². The SMILES string of the molecule is CC1CCCN(C(=O)CN2CCCc3ccccc32)C1. The van der Waals surface area contributed by atoms with Gasteiger partial charge in [0.25, 0.3) is 0 Å². The van der Waals surface area contributed by atoms with Crippen LogP contribution in [0.2, 0.25) is 0 Å². The third-order valence-electron chi connectivity index (χ3n) is 4.54. The van der Waals surface area contributed by atoms with Gasteiger partial charge in [-0.3, -0.25) is 4.79 Å². The molecule has 0 spiro atoms. The largest absolute Gasteiger partial charge is 0.362 e. The van der Waals surface area contributed by atoms with E-state index in [1.165, 1.54) is 17.7 Å². The summed E-state index contributed by atoms with van der Waals surface area (Å²) in [7, 11) is 0. The molecular weight excluding hydrogens is 248 g/mol. The van der Waals surface area contributed by atoms with Gasteiger partial charge in [-0.1, -0.05) is 25.1 Å². The number of benzene rings is 1. The fraction of sp³-hybridized carbons (Fsp3) is 0.588. The van der Waals surface area contributed by atoms with Crippen LogP contribution in [0.15, 0.2) is 24.3 Å². The molecule has 1 aromatic carbocycles. The van der Waals surface area contributed by atoms with Crippen LogP contribution >= 0.6 is 0 Å². The molecule has 0 N–H and O–H groups in total. The molecule has 2 heterocycles.